The topological polar surface area (TPSA) is 79.9 Å². The summed E-state index contributed by atoms with van der Waals surface area (Å²) in [4.78, 5) is 17.4. The van der Waals surface area contributed by atoms with E-state index in [1.807, 2.05) is 42.0 Å². The normalized spacial score (nSPS) is 16.2. The van der Waals surface area contributed by atoms with Crippen LogP contribution in [-0.2, 0) is 4.79 Å². The highest BCUT2D eigenvalue weighted by molar-refractivity contribution is 5.95. The second-order valence-electron chi connectivity index (χ2n) is 7.93. The number of piperidine rings is 1. The van der Waals surface area contributed by atoms with Gasteiger partial charge in [0, 0.05) is 47.5 Å². The summed E-state index contributed by atoms with van der Waals surface area (Å²) < 4.78 is 15.4. The molecule has 1 amide bonds. The number of carbonyl (C=O) groups excluding carboxylic acids is 1. The summed E-state index contributed by atoms with van der Waals surface area (Å²) in [5, 5.41) is 5.53. The molecule has 1 aliphatic heterocycles. The summed E-state index contributed by atoms with van der Waals surface area (Å²) in [7, 11) is 0. The molecule has 0 unspecified atom stereocenters. The average Bonchev–Trinajstić information content (AvgIpc) is 3.33. The predicted molar refractivity (Wildman–Crippen MR) is 114 cm³/mol. The third kappa shape index (κ3) is 4.05. The van der Waals surface area contributed by atoms with E-state index in [0.717, 1.165) is 34.9 Å². The van der Waals surface area contributed by atoms with Crippen molar-refractivity contribution in [1.29, 1.82) is 0 Å². The number of nitrogens with one attached hydrogen (secondary N) is 1. The monoisotopic (exact) mass is 399 g/mol. The summed E-state index contributed by atoms with van der Waals surface area (Å²) >= 11 is 0. The van der Waals surface area contributed by atoms with Crippen LogP contribution in [0.25, 0.3) is 22.0 Å². The lowest BCUT2D eigenvalue weighted by Crippen LogP contribution is -2.49. The molecule has 0 spiro atoms. The van der Waals surface area contributed by atoms with Crippen molar-refractivity contribution in [1.82, 2.24) is 19.7 Å². The van der Waals surface area contributed by atoms with Gasteiger partial charge in [-0.3, -0.25) is 9.48 Å². The minimum absolute atomic E-state index is 0. The van der Waals surface area contributed by atoms with E-state index >= 15 is 0 Å². The van der Waals surface area contributed by atoms with E-state index in [-0.39, 0.29) is 31.1 Å². The van der Waals surface area contributed by atoms with Gasteiger partial charge in [0.25, 0.3) is 0 Å². The molecule has 7 heteroatoms. The number of halogens is 1. The standard InChI is InChI=1S/C21H26FN5O.CH4/c1-13(2)20(23)21(28)26-7-5-16(6-8-26)27-12-14(10-25-27)18-11-24-19-9-15(22)3-4-17(18)19;/h3-4,9-13,16,20,24H,5-8,23H2,1-2H3;1H4/t20-;/m1./s1. The van der Waals surface area contributed by atoms with Gasteiger partial charge in [-0.15, -0.1) is 0 Å². The number of aromatic nitrogens is 3. The molecule has 1 aromatic carbocycles. The smallest absolute Gasteiger partial charge is 0.239 e. The molecule has 1 fully saturated rings. The SMILES string of the molecule is C.CC(C)[C@@H](N)C(=O)N1CCC(n2cc(-c3c[nH]c4cc(F)ccc34)cn2)CC1. The fourth-order valence-corrected chi connectivity index (χ4v) is 3.86. The van der Waals surface area contributed by atoms with Gasteiger partial charge in [0.15, 0.2) is 0 Å². The van der Waals surface area contributed by atoms with Crippen LogP contribution in [0.1, 0.15) is 40.2 Å². The van der Waals surface area contributed by atoms with Crippen molar-refractivity contribution >= 4 is 16.8 Å². The van der Waals surface area contributed by atoms with Crippen LogP contribution in [0.2, 0.25) is 0 Å². The van der Waals surface area contributed by atoms with Crippen molar-refractivity contribution in [2.75, 3.05) is 13.1 Å². The molecule has 3 heterocycles. The molecule has 156 valence electrons. The van der Waals surface area contributed by atoms with Crippen LogP contribution in [0.15, 0.2) is 36.8 Å². The minimum atomic E-state index is -0.431. The van der Waals surface area contributed by atoms with Crippen molar-refractivity contribution in [3.05, 3.63) is 42.6 Å². The number of carbonyl (C=O) groups is 1. The molecule has 3 aromatic rings. The van der Waals surface area contributed by atoms with Crippen molar-refractivity contribution in [3.63, 3.8) is 0 Å². The maximum Gasteiger partial charge on any atom is 0.239 e. The molecular weight excluding hydrogens is 369 g/mol. The maximum atomic E-state index is 13.4. The molecule has 29 heavy (non-hydrogen) atoms. The third-order valence-corrected chi connectivity index (χ3v) is 5.71. The van der Waals surface area contributed by atoms with E-state index in [2.05, 4.69) is 10.1 Å². The number of nitrogens with two attached hydrogens (primary N) is 1. The number of aromatic amines is 1. The van der Waals surface area contributed by atoms with Gasteiger partial charge in [-0.1, -0.05) is 21.3 Å². The van der Waals surface area contributed by atoms with E-state index in [9.17, 15) is 9.18 Å². The lowest BCUT2D eigenvalue weighted by molar-refractivity contribution is -0.134. The lowest BCUT2D eigenvalue weighted by atomic mass is 10.0. The number of benzene rings is 1. The fourth-order valence-electron chi connectivity index (χ4n) is 3.86. The summed E-state index contributed by atoms with van der Waals surface area (Å²) in [5.41, 5.74) is 8.80. The third-order valence-electron chi connectivity index (χ3n) is 5.71. The Bertz CT molecular complexity index is 984. The molecule has 1 saturated heterocycles. The van der Waals surface area contributed by atoms with Crippen LogP contribution in [0.4, 0.5) is 4.39 Å². The second-order valence-corrected chi connectivity index (χ2v) is 7.93. The van der Waals surface area contributed by atoms with Crippen LogP contribution in [0.3, 0.4) is 0 Å². The first kappa shape index (κ1) is 21.0. The quantitative estimate of drug-likeness (QED) is 0.697. The molecule has 1 atom stereocenters. The average molecular weight is 400 g/mol. The Morgan fingerprint density at radius 2 is 2.03 bits per heavy atom. The molecule has 0 aliphatic carbocycles. The molecule has 0 radical (unpaired) electrons. The number of hydrogen-bond donors (Lipinski definition) is 2. The zero-order valence-corrected chi connectivity index (χ0v) is 16.2. The molecule has 4 rings (SSSR count). The number of likely N-dealkylation sites (tertiary alicyclic amines) is 1. The zero-order valence-electron chi connectivity index (χ0n) is 16.2. The number of hydrogen-bond acceptors (Lipinski definition) is 3. The molecule has 0 saturated carbocycles. The van der Waals surface area contributed by atoms with Crippen LogP contribution in [0, 0.1) is 11.7 Å². The molecule has 0 bridgehead atoms. The lowest BCUT2D eigenvalue weighted by Gasteiger charge is -2.34. The van der Waals surface area contributed by atoms with Crippen LogP contribution in [-0.4, -0.2) is 44.7 Å². The minimum Gasteiger partial charge on any atom is -0.360 e. The van der Waals surface area contributed by atoms with Gasteiger partial charge in [-0.05, 0) is 37.0 Å². The number of amides is 1. The second kappa shape index (κ2) is 8.37. The first-order valence-electron chi connectivity index (χ1n) is 9.79. The van der Waals surface area contributed by atoms with Crippen LogP contribution in [0.5, 0.6) is 0 Å². The van der Waals surface area contributed by atoms with Crippen molar-refractivity contribution in [2.45, 2.75) is 46.2 Å². The van der Waals surface area contributed by atoms with Crippen molar-refractivity contribution in [3.8, 4) is 11.1 Å². The highest BCUT2D eigenvalue weighted by atomic mass is 19.1. The van der Waals surface area contributed by atoms with Gasteiger partial charge in [0.05, 0.1) is 18.3 Å². The molecular formula is C22H30FN5O. The van der Waals surface area contributed by atoms with E-state index in [4.69, 9.17) is 5.73 Å². The van der Waals surface area contributed by atoms with E-state index in [1.54, 1.807) is 6.07 Å². The first-order valence-corrected chi connectivity index (χ1v) is 9.79. The Balaban J connectivity index is 0.00000240. The number of nitrogens with zero attached hydrogens (tertiary/aromatic N) is 3. The zero-order chi connectivity index (χ0) is 19.8. The molecule has 6 nitrogen and oxygen atoms in total. The maximum absolute atomic E-state index is 13.4. The molecule has 1 aliphatic rings. The molecule has 3 N–H and O–H groups in total. The Hall–Kier alpha value is -2.67. The number of H-pyrrole nitrogens is 1. The Kier molecular flexibility index (Phi) is 6.07. The Labute approximate surface area is 170 Å². The predicted octanol–water partition coefficient (Wildman–Crippen LogP) is 3.95. The number of rotatable bonds is 4. The van der Waals surface area contributed by atoms with Gasteiger partial charge < -0.3 is 15.6 Å². The van der Waals surface area contributed by atoms with Crippen LogP contribution < -0.4 is 5.73 Å². The van der Waals surface area contributed by atoms with Gasteiger partial charge >= 0.3 is 0 Å². The highest BCUT2D eigenvalue weighted by Gasteiger charge is 2.28. The van der Waals surface area contributed by atoms with E-state index in [0.29, 0.717) is 13.1 Å². The highest BCUT2D eigenvalue weighted by Crippen LogP contribution is 2.30. The van der Waals surface area contributed by atoms with Gasteiger partial charge in [-0.2, -0.15) is 5.10 Å². The largest absolute Gasteiger partial charge is 0.360 e. The van der Waals surface area contributed by atoms with Crippen LogP contribution >= 0.6 is 0 Å². The Morgan fingerprint density at radius 1 is 1.31 bits per heavy atom. The van der Waals surface area contributed by atoms with Crippen molar-refractivity contribution in [2.24, 2.45) is 11.7 Å². The first-order chi connectivity index (χ1) is 13.4. The van der Waals surface area contributed by atoms with Gasteiger partial charge in [0.1, 0.15) is 5.82 Å². The van der Waals surface area contributed by atoms with Crippen molar-refractivity contribution < 1.29 is 9.18 Å². The summed E-state index contributed by atoms with van der Waals surface area (Å²) in [6, 6.07) is 4.59. The van der Waals surface area contributed by atoms with Gasteiger partial charge in [0.2, 0.25) is 5.91 Å². The van der Waals surface area contributed by atoms with E-state index < -0.39 is 6.04 Å². The Morgan fingerprint density at radius 3 is 2.72 bits per heavy atom. The summed E-state index contributed by atoms with van der Waals surface area (Å²) in [6.45, 7) is 5.34. The summed E-state index contributed by atoms with van der Waals surface area (Å²) in [6.07, 6.45) is 7.49. The number of fused-ring (bicyclic) bond motifs is 1. The van der Waals surface area contributed by atoms with Gasteiger partial charge in [-0.25, -0.2) is 4.39 Å². The summed E-state index contributed by atoms with van der Waals surface area (Å²) in [5.74, 6) is -0.0701. The van der Waals surface area contributed by atoms with E-state index in [1.165, 1.54) is 12.1 Å². The molecule has 2 aromatic heterocycles. The fraction of sp³-hybridized carbons (Fsp3) is 0.455.